The summed E-state index contributed by atoms with van der Waals surface area (Å²) in [6, 6.07) is 14.9. The SMILES string of the molecule is Cc1ccc(Nc2ccc(NC(=O)c3ccco3)cn2)cc1. The van der Waals surface area contributed by atoms with E-state index in [1.54, 1.807) is 30.5 Å². The number of carbonyl (C=O) groups is 1. The summed E-state index contributed by atoms with van der Waals surface area (Å²) >= 11 is 0. The molecular formula is C17H15N3O2. The number of benzene rings is 1. The first kappa shape index (κ1) is 13.9. The quantitative estimate of drug-likeness (QED) is 0.763. The van der Waals surface area contributed by atoms with Gasteiger partial charge in [0.1, 0.15) is 5.82 Å². The van der Waals surface area contributed by atoms with Crippen molar-refractivity contribution in [2.24, 2.45) is 0 Å². The van der Waals surface area contributed by atoms with Crippen molar-refractivity contribution in [3.8, 4) is 0 Å². The lowest BCUT2D eigenvalue weighted by atomic mass is 10.2. The van der Waals surface area contributed by atoms with E-state index in [4.69, 9.17) is 4.42 Å². The van der Waals surface area contributed by atoms with Gasteiger partial charge >= 0.3 is 0 Å². The Morgan fingerprint density at radius 3 is 2.45 bits per heavy atom. The smallest absolute Gasteiger partial charge is 0.291 e. The van der Waals surface area contributed by atoms with E-state index in [0.717, 1.165) is 5.69 Å². The zero-order chi connectivity index (χ0) is 15.4. The summed E-state index contributed by atoms with van der Waals surface area (Å²) < 4.78 is 5.04. The fourth-order valence-electron chi connectivity index (χ4n) is 1.93. The molecule has 1 aromatic carbocycles. The van der Waals surface area contributed by atoms with Crippen LogP contribution in [0.25, 0.3) is 0 Å². The van der Waals surface area contributed by atoms with E-state index in [2.05, 4.69) is 15.6 Å². The molecule has 2 N–H and O–H groups in total. The zero-order valence-corrected chi connectivity index (χ0v) is 12.0. The van der Waals surface area contributed by atoms with Crippen molar-refractivity contribution in [3.05, 3.63) is 72.3 Å². The molecule has 5 nitrogen and oxygen atoms in total. The first-order valence-corrected chi connectivity index (χ1v) is 6.85. The second-order valence-electron chi connectivity index (χ2n) is 4.85. The molecule has 0 spiro atoms. The maximum Gasteiger partial charge on any atom is 0.291 e. The molecule has 110 valence electrons. The first-order chi connectivity index (χ1) is 10.7. The summed E-state index contributed by atoms with van der Waals surface area (Å²) in [5.41, 5.74) is 2.77. The van der Waals surface area contributed by atoms with Gasteiger partial charge < -0.3 is 15.1 Å². The van der Waals surface area contributed by atoms with Crippen molar-refractivity contribution in [3.63, 3.8) is 0 Å². The number of aryl methyl sites for hydroxylation is 1. The van der Waals surface area contributed by atoms with Crippen LogP contribution in [0.15, 0.2) is 65.4 Å². The lowest BCUT2D eigenvalue weighted by molar-refractivity contribution is 0.0996. The van der Waals surface area contributed by atoms with Gasteiger partial charge in [0.25, 0.3) is 5.91 Å². The number of amides is 1. The summed E-state index contributed by atoms with van der Waals surface area (Å²) in [7, 11) is 0. The van der Waals surface area contributed by atoms with Crippen LogP contribution in [0.2, 0.25) is 0 Å². The Hall–Kier alpha value is -3.08. The Kier molecular flexibility index (Phi) is 3.87. The van der Waals surface area contributed by atoms with Crippen LogP contribution in [0.3, 0.4) is 0 Å². The highest BCUT2D eigenvalue weighted by atomic mass is 16.3. The van der Waals surface area contributed by atoms with Gasteiger partial charge in [0.15, 0.2) is 5.76 Å². The molecule has 0 atom stereocenters. The predicted molar refractivity (Wildman–Crippen MR) is 85.4 cm³/mol. The standard InChI is InChI=1S/C17H15N3O2/c1-12-4-6-13(7-5-12)19-16-9-8-14(11-18-16)20-17(21)15-3-2-10-22-15/h2-11H,1H3,(H,18,19)(H,20,21). The van der Waals surface area contributed by atoms with Gasteiger partial charge in [0, 0.05) is 5.69 Å². The average molecular weight is 293 g/mol. The molecule has 0 aliphatic carbocycles. The predicted octanol–water partition coefficient (Wildman–Crippen LogP) is 3.98. The van der Waals surface area contributed by atoms with E-state index in [1.165, 1.54) is 11.8 Å². The molecule has 0 aliphatic heterocycles. The third kappa shape index (κ3) is 3.32. The molecule has 0 fully saturated rings. The van der Waals surface area contributed by atoms with Crippen LogP contribution in [0, 0.1) is 6.92 Å². The van der Waals surface area contributed by atoms with Gasteiger partial charge in [-0.05, 0) is 43.3 Å². The zero-order valence-electron chi connectivity index (χ0n) is 12.0. The summed E-state index contributed by atoms with van der Waals surface area (Å²) in [6.45, 7) is 2.04. The van der Waals surface area contributed by atoms with E-state index in [-0.39, 0.29) is 11.7 Å². The van der Waals surface area contributed by atoms with Gasteiger partial charge in [-0.3, -0.25) is 4.79 Å². The highest BCUT2D eigenvalue weighted by Crippen LogP contribution is 2.17. The third-order valence-corrected chi connectivity index (χ3v) is 3.09. The topological polar surface area (TPSA) is 67.2 Å². The van der Waals surface area contributed by atoms with Gasteiger partial charge in [-0.1, -0.05) is 17.7 Å². The number of furan rings is 1. The van der Waals surface area contributed by atoms with Crippen molar-refractivity contribution in [2.75, 3.05) is 10.6 Å². The molecule has 2 aromatic heterocycles. The number of aromatic nitrogens is 1. The van der Waals surface area contributed by atoms with Crippen LogP contribution in [0.5, 0.6) is 0 Å². The summed E-state index contributed by atoms with van der Waals surface area (Å²) in [5.74, 6) is 0.674. The molecule has 0 aliphatic rings. The second-order valence-corrected chi connectivity index (χ2v) is 4.85. The number of anilines is 3. The number of hydrogen-bond acceptors (Lipinski definition) is 4. The molecular weight excluding hydrogens is 278 g/mol. The Bertz CT molecular complexity index is 748. The number of hydrogen-bond donors (Lipinski definition) is 2. The molecule has 0 bridgehead atoms. The van der Waals surface area contributed by atoms with Crippen LogP contribution in [-0.4, -0.2) is 10.9 Å². The molecule has 0 saturated carbocycles. The average Bonchev–Trinajstić information content (AvgIpc) is 3.06. The minimum absolute atomic E-state index is 0.266. The number of nitrogens with one attached hydrogen (secondary N) is 2. The highest BCUT2D eigenvalue weighted by molar-refractivity contribution is 6.02. The Balaban J connectivity index is 1.65. The van der Waals surface area contributed by atoms with Gasteiger partial charge in [0.05, 0.1) is 18.1 Å². The van der Waals surface area contributed by atoms with Crippen LogP contribution >= 0.6 is 0 Å². The van der Waals surface area contributed by atoms with Gasteiger partial charge in [-0.25, -0.2) is 4.98 Å². The van der Waals surface area contributed by atoms with Crippen molar-refractivity contribution in [1.29, 1.82) is 0 Å². The monoisotopic (exact) mass is 293 g/mol. The molecule has 3 rings (SSSR count). The molecule has 5 heteroatoms. The lowest BCUT2D eigenvalue weighted by Gasteiger charge is -2.07. The number of carbonyl (C=O) groups excluding carboxylic acids is 1. The molecule has 3 aromatic rings. The third-order valence-electron chi connectivity index (χ3n) is 3.09. The minimum Gasteiger partial charge on any atom is -0.459 e. The number of nitrogens with zero attached hydrogens (tertiary/aromatic N) is 1. The maximum absolute atomic E-state index is 11.8. The Morgan fingerprint density at radius 2 is 1.82 bits per heavy atom. The Labute approximate surface area is 128 Å². The first-order valence-electron chi connectivity index (χ1n) is 6.85. The second kappa shape index (κ2) is 6.13. The lowest BCUT2D eigenvalue weighted by Crippen LogP contribution is -2.11. The Morgan fingerprint density at radius 1 is 1.05 bits per heavy atom. The van der Waals surface area contributed by atoms with E-state index < -0.39 is 0 Å². The van der Waals surface area contributed by atoms with E-state index in [0.29, 0.717) is 11.5 Å². The number of rotatable bonds is 4. The van der Waals surface area contributed by atoms with E-state index in [9.17, 15) is 4.79 Å². The highest BCUT2D eigenvalue weighted by Gasteiger charge is 2.08. The van der Waals surface area contributed by atoms with Gasteiger partial charge in [0.2, 0.25) is 0 Å². The van der Waals surface area contributed by atoms with Crippen LogP contribution in [0.1, 0.15) is 16.1 Å². The van der Waals surface area contributed by atoms with Crippen LogP contribution in [0.4, 0.5) is 17.2 Å². The largest absolute Gasteiger partial charge is 0.459 e. The van der Waals surface area contributed by atoms with Crippen molar-refractivity contribution >= 4 is 23.1 Å². The fourth-order valence-corrected chi connectivity index (χ4v) is 1.93. The maximum atomic E-state index is 11.8. The molecule has 0 unspecified atom stereocenters. The summed E-state index contributed by atoms with van der Waals surface area (Å²) in [6.07, 6.45) is 3.05. The number of pyridine rings is 1. The van der Waals surface area contributed by atoms with E-state index in [1.807, 2.05) is 31.2 Å². The van der Waals surface area contributed by atoms with Crippen LogP contribution < -0.4 is 10.6 Å². The molecule has 0 radical (unpaired) electrons. The summed E-state index contributed by atoms with van der Waals surface area (Å²) in [4.78, 5) is 16.1. The van der Waals surface area contributed by atoms with Crippen LogP contribution in [-0.2, 0) is 0 Å². The fraction of sp³-hybridized carbons (Fsp3) is 0.0588. The molecule has 0 saturated heterocycles. The molecule has 1 amide bonds. The molecule has 2 heterocycles. The summed E-state index contributed by atoms with van der Waals surface area (Å²) in [5, 5.41) is 5.92. The van der Waals surface area contributed by atoms with Crippen molar-refractivity contribution in [2.45, 2.75) is 6.92 Å². The van der Waals surface area contributed by atoms with Gasteiger partial charge in [-0.2, -0.15) is 0 Å². The minimum atomic E-state index is -0.300. The normalized spacial score (nSPS) is 10.2. The van der Waals surface area contributed by atoms with Crippen molar-refractivity contribution < 1.29 is 9.21 Å². The van der Waals surface area contributed by atoms with Crippen molar-refractivity contribution in [1.82, 2.24) is 4.98 Å². The van der Waals surface area contributed by atoms with Gasteiger partial charge in [-0.15, -0.1) is 0 Å². The van der Waals surface area contributed by atoms with E-state index >= 15 is 0 Å². The molecule has 22 heavy (non-hydrogen) atoms.